The number of anilines is 4. The van der Waals surface area contributed by atoms with Crippen LogP contribution in [-0.2, 0) is 10.7 Å². The van der Waals surface area contributed by atoms with Crippen molar-refractivity contribution in [2.75, 3.05) is 48.8 Å². The number of piperazine rings is 1. The van der Waals surface area contributed by atoms with Gasteiger partial charge >= 0.3 is 5.92 Å². The van der Waals surface area contributed by atoms with Gasteiger partial charge in [-0.15, -0.1) is 0 Å². The van der Waals surface area contributed by atoms with Crippen LogP contribution in [-0.4, -0.2) is 69.0 Å². The number of nitrogens with one attached hydrogen (secondary N) is 2. The van der Waals surface area contributed by atoms with E-state index in [1.54, 1.807) is 25.3 Å². The Hall–Kier alpha value is -3.80. The van der Waals surface area contributed by atoms with Gasteiger partial charge in [0, 0.05) is 75.7 Å². The van der Waals surface area contributed by atoms with Crippen LogP contribution >= 0.6 is 0 Å². The number of aromatic nitrogens is 5. The summed E-state index contributed by atoms with van der Waals surface area (Å²) < 4.78 is 27.8. The number of alkyl halides is 2. The smallest absolute Gasteiger partial charge is 0.303 e. The number of aryl methyl sites for hydroxylation is 1. The lowest BCUT2D eigenvalue weighted by molar-refractivity contribution is -0.114. The van der Waals surface area contributed by atoms with Crippen molar-refractivity contribution in [3.63, 3.8) is 0 Å². The molecule has 10 nitrogen and oxygen atoms in total. The fourth-order valence-corrected chi connectivity index (χ4v) is 3.68. The molecule has 0 unspecified atom stereocenters. The molecule has 1 amide bonds. The highest BCUT2D eigenvalue weighted by atomic mass is 19.3. The lowest BCUT2D eigenvalue weighted by atomic mass is 10.1. The lowest BCUT2D eigenvalue weighted by Crippen LogP contribution is -2.44. The number of pyridine rings is 1. The molecule has 12 heteroatoms. The summed E-state index contributed by atoms with van der Waals surface area (Å²) in [7, 11) is 2.08. The Morgan fingerprint density at radius 3 is 2.46 bits per heavy atom. The van der Waals surface area contributed by atoms with Gasteiger partial charge in [0.1, 0.15) is 23.8 Å². The van der Waals surface area contributed by atoms with E-state index < -0.39 is 11.7 Å². The zero-order chi connectivity index (χ0) is 25.2. The molecule has 1 saturated heterocycles. The molecule has 0 spiro atoms. The Morgan fingerprint density at radius 1 is 1.03 bits per heavy atom. The average Bonchev–Trinajstić information content (AvgIpc) is 2.78. The van der Waals surface area contributed by atoms with Gasteiger partial charge in [0.15, 0.2) is 0 Å². The van der Waals surface area contributed by atoms with Crippen LogP contribution in [0, 0.1) is 6.92 Å². The number of nitrogens with zero attached hydrogens (tertiary/aromatic N) is 7. The van der Waals surface area contributed by atoms with Crippen LogP contribution in [0.4, 0.5) is 31.9 Å². The van der Waals surface area contributed by atoms with E-state index >= 15 is 0 Å². The van der Waals surface area contributed by atoms with Gasteiger partial charge in [-0.05, 0) is 14.0 Å². The first-order valence-electron chi connectivity index (χ1n) is 11.1. The highest BCUT2D eigenvalue weighted by Crippen LogP contribution is 2.32. The fourth-order valence-electron chi connectivity index (χ4n) is 3.68. The van der Waals surface area contributed by atoms with E-state index in [2.05, 4.69) is 52.4 Å². The summed E-state index contributed by atoms with van der Waals surface area (Å²) in [5.41, 5.74) is 2.05. The maximum Gasteiger partial charge on any atom is 0.303 e. The number of carbonyl (C=O) groups excluding carboxylic acids is 1. The van der Waals surface area contributed by atoms with Gasteiger partial charge in [0.25, 0.3) is 0 Å². The Kier molecular flexibility index (Phi) is 6.83. The van der Waals surface area contributed by atoms with E-state index in [0.29, 0.717) is 28.5 Å². The average molecular weight is 484 g/mol. The Labute approximate surface area is 201 Å². The van der Waals surface area contributed by atoms with Gasteiger partial charge in [0.2, 0.25) is 11.7 Å². The number of likely N-dealkylation sites (N-methyl/N-ethyl adjacent to an activating group) is 1. The molecule has 4 heterocycles. The standard InChI is InChI=1S/C23H27F2N9O/c1-14-9-20(32-22(29-14)23(3,24)25)31-18-10-19(30-15(2)35)26-12-16(18)17-11-21(28-13-27-17)34-7-5-33(4)6-8-34/h9-13H,5-8H2,1-4H3,(H2,26,29,30,31,32,35). The van der Waals surface area contributed by atoms with E-state index in [1.807, 2.05) is 6.07 Å². The lowest BCUT2D eigenvalue weighted by Gasteiger charge is -2.33. The van der Waals surface area contributed by atoms with Crippen LogP contribution in [0.5, 0.6) is 0 Å². The number of hydrogen-bond donors (Lipinski definition) is 2. The molecule has 3 aromatic rings. The van der Waals surface area contributed by atoms with Crippen molar-refractivity contribution in [3.8, 4) is 11.3 Å². The molecule has 0 aliphatic carbocycles. The summed E-state index contributed by atoms with van der Waals surface area (Å²) in [4.78, 5) is 37.0. The maximum absolute atomic E-state index is 13.9. The normalized spacial score (nSPS) is 14.6. The second-order valence-corrected chi connectivity index (χ2v) is 8.58. The third-order valence-electron chi connectivity index (χ3n) is 5.47. The number of rotatable bonds is 6. The van der Waals surface area contributed by atoms with Gasteiger partial charge < -0.3 is 20.4 Å². The highest BCUT2D eigenvalue weighted by molar-refractivity contribution is 5.90. The van der Waals surface area contributed by atoms with Gasteiger partial charge in [-0.2, -0.15) is 8.78 Å². The van der Waals surface area contributed by atoms with Gasteiger partial charge in [-0.3, -0.25) is 4.79 Å². The molecule has 1 aliphatic heterocycles. The molecule has 2 N–H and O–H groups in total. The largest absolute Gasteiger partial charge is 0.354 e. The molecule has 184 valence electrons. The molecule has 0 saturated carbocycles. The summed E-state index contributed by atoms with van der Waals surface area (Å²) in [6.45, 7) is 7.27. The van der Waals surface area contributed by atoms with Gasteiger partial charge in [0.05, 0.1) is 11.4 Å². The molecule has 1 fully saturated rings. The van der Waals surface area contributed by atoms with E-state index in [1.165, 1.54) is 13.3 Å². The van der Waals surface area contributed by atoms with E-state index in [4.69, 9.17) is 0 Å². The zero-order valence-corrected chi connectivity index (χ0v) is 20.0. The van der Waals surface area contributed by atoms with Crippen molar-refractivity contribution in [2.24, 2.45) is 0 Å². The first-order chi connectivity index (χ1) is 16.6. The molecular formula is C23H27F2N9O. The van der Waals surface area contributed by atoms with Crippen molar-refractivity contribution in [3.05, 3.63) is 42.2 Å². The molecule has 35 heavy (non-hydrogen) atoms. The van der Waals surface area contributed by atoms with E-state index in [9.17, 15) is 13.6 Å². The Morgan fingerprint density at radius 2 is 1.77 bits per heavy atom. The van der Waals surface area contributed by atoms with E-state index in [0.717, 1.165) is 38.9 Å². The molecule has 1 aliphatic rings. The first-order valence-corrected chi connectivity index (χ1v) is 11.1. The number of carbonyl (C=O) groups is 1. The van der Waals surface area contributed by atoms with Crippen molar-refractivity contribution in [1.82, 2.24) is 29.8 Å². The third kappa shape index (κ3) is 6.01. The van der Waals surface area contributed by atoms with Crippen LogP contribution in [0.15, 0.2) is 30.7 Å². The Bertz CT molecular complexity index is 1220. The van der Waals surface area contributed by atoms with Gasteiger partial charge in [-0.25, -0.2) is 24.9 Å². The van der Waals surface area contributed by atoms with Crippen LogP contribution < -0.4 is 15.5 Å². The molecule has 3 aromatic heterocycles. The minimum Gasteiger partial charge on any atom is -0.354 e. The number of amides is 1. The van der Waals surface area contributed by atoms with Crippen LogP contribution in [0.1, 0.15) is 25.4 Å². The Balaban J connectivity index is 1.73. The molecular weight excluding hydrogens is 456 g/mol. The fraction of sp³-hybridized carbons (Fsp3) is 0.391. The second kappa shape index (κ2) is 9.82. The molecule has 0 atom stereocenters. The minimum atomic E-state index is -3.20. The first kappa shape index (κ1) is 24.3. The summed E-state index contributed by atoms with van der Waals surface area (Å²) in [6, 6.07) is 5.03. The minimum absolute atomic E-state index is 0.184. The van der Waals surface area contributed by atoms with E-state index in [-0.39, 0.29) is 11.7 Å². The number of halogens is 2. The SMILES string of the molecule is CC(=O)Nc1cc(Nc2cc(C)nc(C(C)(F)F)n2)c(-c2cc(N3CCN(C)CC3)ncn2)cn1. The van der Waals surface area contributed by atoms with Crippen molar-refractivity contribution < 1.29 is 13.6 Å². The third-order valence-corrected chi connectivity index (χ3v) is 5.47. The van der Waals surface area contributed by atoms with Crippen LogP contribution in [0.2, 0.25) is 0 Å². The summed E-state index contributed by atoms with van der Waals surface area (Å²) in [5.74, 6) is -2.81. The van der Waals surface area contributed by atoms with Crippen LogP contribution in [0.3, 0.4) is 0 Å². The van der Waals surface area contributed by atoms with Crippen LogP contribution in [0.25, 0.3) is 11.3 Å². The predicted molar refractivity (Wildman–Crippen MR) is 129 cm³/mol. The quantitative estimate of drug-likeness (QED) is 0.546. The van der Waals surface area contributed by atoms with Crippen molar-refractivity contribution in [2.45, 2.75) is 26.7 Å². The molecule has 0 radical (unpaired) electrons. The second-order valence-electron chi connectivity index (χ2n) is 8.58. The van der Waals surface area contributed by atoms with Crippen molar-refractivity contribution >= 4 is 29.0 Å². The predicted octanol–water partition coefficient (Wildman–Crippen LogP) is 3.20. The topological polar surface area (TPSA) is 112 Å². The summed E-state index contributed by atoms with van der Waals surface area (Å²) in [5, 5.41) is 5.72. The molecule has 4 rings (SSSR count). The monoisotopic (exact) mass is 483 g/mol. The van der Waals surface area contributed by atoms with Gasteiger partial charge in [-0.1, -0.05) is 0 Å². The number of hydrogen-bond acceptors (Lipinski definition) is 9. The summed E-state index contributed by atoms with van der Waals surface area (Å²) >= 11 is 0. The molecule has 0 aromatic carbocycles. The highest BCUT2D eigenvalue weighted by Gasteiger charge is 2.29. The zero-order valence-electron chi connectivity index (χ0n) is 20.0. The summed E-state index contributed by atoms with van der Waals surface area (Å²) in [6.07, 6.45) is 3.05. The maximum atomic E-state index is 13.9. The molecule has 0 bridgehead atoms. The van der Waals surface area contributed by atoms with Crippen molar-refractivity contribution in [1.29, 1.82) is 0 Å².